The summed E-state index contributed by atoms with van der Waals surface area (Å²) in [5, 5.41) is 5.57. The first-order valence-corrected chi connectivity index (χ1v) is 13.9. The highest BCUT2D eigenvalue weighted by atomic mass is 28.3. The van der Waals surface area contributed by atoms with Crippen molar-refractivity contribution >= 4 is 33.9 Å². The third-order valence-electron chi connectivity index (χ3n) is 5.78. The van der Waals surface area contributed by atoms with E-state index in [1.807, 2.05) is 0 Å². The van der Waals surface area contributed by atoms with Crippen LogP contribution >= 0.6 is 0 Å². The van der Waals surface area contributed by atoms with Crippen LogP contribution < -0.4 is 15.6 Å². The highest BCUT2D eigenvalue weighted by molar-refractivity contribution is 6.93. The summed E-state index contributed by atoms with van der Waals surface area (Å²) in [4.78, 5) is 0. The van der Waals surface area contributed by atoms with Crippen molar-refractivity contribution in [1.82, 2.24) is 0 Å². The molecule has 0 aliphatic heterocycles. The van der Waals surface area contributed by atoms with Gasteiger partial charge < -0.3 is 0 Å². The van der Waals surface area contributed by atoms with Gasteiger partial charge in [-0.2, -0.15) is 0 Å². The lowest BCUT2D eigenvalue weighted by Crippen LogP contribution is -2.49. The molecule has 4 aromatic carbocycles. The minimum Gasteiger partial charge on any atom is -0.0669 e. The van der Waals surface area contributed by atoms with Gasteiger partial charge in [0, 0.05) is 0 Å². The molecule has 29 heavy (non-hydrogen) atoms. The van der Waals surface area contributed by atoms with Gasteiger partial charge in [0.1, 0.15) is 8.80 Å². The molecular formula is C27H28Si2. The summed E-state index contributed by atoms with van der Waals surface area (Å²) in [5.41, 5.74) is 1.47. The number of benzene rings is 4. The molecule has 144 valence electrons. The van der Waals surface area contributed by atoms with Crippen molar-refractivity contribution in [3.05, 3.63) is 127 Å². The molecule has 1 atom stereocenters. The smallest absolute Gasteiger partial charge is 0.0669 e. The van der Waals surface area contributed by atoms with E-state index in [1.54, 1.807) is 15.6 Å². The first kappa shape index (κ1) is 19.6. The molecule has 0 aliphatic carbocycles. The third-order valence-corrected chi connectivity index (χ3v) is 13.3. The van der Waals surface area contributed by atoms with Gasteiger partial charge in [0.25, 0.3) is 0 Å². The second-order valence-corrected chi connectivity index (χ2v) is 14.2. The van der Waals surface area contributed by atoms with Gasteiger partial charge in [-0.05, 0) is 17.1 Å². The summed E-state index contributed by atoms with van der Waals surface area (Å²) in [5.74, 6) is 0. The molecule has 2 heteroatoms. The first-order valence-electron chi connectivity index (χ1n) is 10.6. The largest absolute Gasteiger partial charge is 0.103 e. The Morgan fingerprint density at radius 1 is 0.552 bits per heavy atom. The second-order valence-electron chi connectivity index (χ2n) is 7.77. The van der Waals surface area contributed by atoms with Crippen LogP contribution in [0.4, 0.5) is 0 Å². The van der Waals surface area contributed by atoms with E-state index in [9.17, 15) is 0 Å². The van der Waals surface area contributed by atoms with Crippen molar-refractivity contribution in [1.29, 1.82) is 0 Å². The summed E-state index contributed by atoms with van der Waals surface area (Å²) in [6.45, 7) is 0. The molecule has 0 N–H and O–H groups in total. The minimum absolute atomic E-state index is 0.387. The topological polar surface area (TPSA) is 0 Å². The Bertz CT molecular complexity index is 930. The number of hydrogen-bond acceptors (Lipinski definition) is 0. The van der Waals surface area contributed by atoms with E-state index in [-0.39, 0.29) is 9.52 Å². The molecule has 4 aromatic rings. The summed E-state index contributed by atoms with van der Waals surface area (Å²) < 4.78 is 0. The van der Waals surface area contributed by atoms with Crippen LogP contribution in [-0.2, 0) is 6.42 Å². The van der Waals surface area contributed by atoms with Crippen LogP contribution in [0.5, 0.6) is 0 Å². The van der Waals surface area contributed by atoms with Crippen LogP contribution in [0.1, 0.15) is 12.0 Å². The normalized spacial score (nSPS) is 12.4. The van der Waals surface area contributed by atoms with E-state index in [4.69, 9.17) is 0 Å². The van der Waals surface area contributed by atoms with Crippen LogP contribution in [0.25, 0.3) is 0 Å². The van der Waals surface area contributed by atoms with Gasteiger partial charge in [0.15, 0.2) is 0 Å². The van der Waals surface area contributed by atoms with Crippen molar-refractivity contribution in [2.75, 3.05) is 0 Å². The van der Waals surface area contributed by atoms with Gasteiger partial charge >= 0.3 is 0 Å². The average Bonchev–Trinajstić information content (AvgIpc) is 2.80. The molecule has 0 fully saturated rings. The Balaban J connectivity index is 1.68. The van der Waals surface area contributed by atoms with E-state index in [1.165, 1.54) is 18.4 Å². The first-order chi connectivity index (χ1) is 14.4. The van der Waals surface area contributed by atoms with Crippen LogP contribution in [-0.4, -0.2) is 18.3 Å². The maximum atomic E-state index is 2.37. The van der Waals surface area contributed by atoms with Crippen molar-refractivity contribution in [3.63, 3.8) is 0 Å². The number of hydrogen-bond donors (Lipinski definition) is 0. The minimum atomic E-state index is -1.31. The van der Waals surface area contributed by atoms with Crippen LogP contribution in [0.15, 0.2) is 121 Å². The maximum absolute atomic E-state index is 2.37. The SMILES string of the molecule is c1ccc(CC[C@H]([SiH2]c2ccccc2)[SiH](c2ccccc2)c2ccccc2)cc1. The van der Waals surface area contributed by atoms with Crippen LogP contribution in [0.3, 0.4) is 0 Å². The van der Waals surface area contributed by atoms with Gasteiger partial charge in [0.2, 0.25) is 0 Å². The lowest BCUT2D eigenvalue weighted by molar-refractivity contribution is 0.872. The van der Waals surface area contributed by atoms with Crippen molar-refractivity contribution in [2.45, 2.75) is 18.0 Å². The number of rotatable bonds is 8. The fraction of sp³-hybridized carbons (Fsp3) is 0.111. The second kappa shape index (κ2) is 10.2. The van der Waals surface area contributed by atoms with Gasteiger partial charge in [-0.3, -0.25) is 0 Å². The van der Waals surface area contributed by atoms with Gasteiger partial charge in [-0.1, -0.05) is 143 Å². The predicted octanol–water partition coefficient (Wildman–Crippen LogP) is 3.48. The van der Waals surface area contributed by atoms with Crippen molar-refractivity contribution < 1.29 is 0 Å². The molecule has 0 bridgehead atoms. The molecule has 0 saturated heterocycles. The average molecular weight is 409 g/mol. The summed E-state index contributed by atoms with van der Waals surface area (Å²) in [6.07, 6.45) is 2.46. The van der Waals surface area contributed by atoms with Crippen LogP contribution in [0, 0.1) is 0 Å². The fourth-order valence-electron chi connectivity index (χ4n) is 4.36. The molecule has 0 heterocycles. The predicted molar refractivity (Wildman–Crippen MR) is 132 cm³/mol. The molecule has 0 aromatic heterocycles. The molecule has 0 nitrogen and oxygen atoms in total. The monoisotopic (exact) mass is 408 g/mol. The van der Waals surface area contributed by atoms with E-state index in [0.717, 1.165) is 5.16 Å². The summed E-state index contributed by atoms with van der Waals surface area (Å²) in [7, 11) is -1.70. The zero-order valence-corrected chi connectivity index (χ0v) is 19.4. The molecule has 0 unspecified atom stereocenters. The Morgan fingerprint density at radius 2 is 1.00 bits per heavy atom. The Hall–Kier alpha value is -2.69. The van der Waals surface area contributed by atoms with Gasteiger partial charge in [-0.25, -0.2) is 0 Å². The Kier molecular flexibility index (Phi) is 6.90. The molecule has 0 radical (unpaired) electrons. The quantitative estimate of drug-likeness (QED) is 0.392. The third kappa shape index (κ3) is 5.44. The van der Waals surface area contributed by atoms with Gasteiger partial charge in [-0.15, -0.1) is 0 Å². The van der Waals surface area contributed by atoms with E-state index < -0.39 is 8.80 Å². The summed E-state index contributed by atoms with van der Waals surface area (Å²) in [6, 6.07) is 44.9. The zero-order chi connectivity index (χ0) is 19.7. The highest BCUT2D eigenvalue weighted by Crippen LogP contribution is 2.19. The lowest BCUT2D eigenvalue weighted by atomic mass is 10.1. The zero-order valence-electron chi connectivity index (χ0n) is 16.8. The molecule has 0 spiro atoms. The number of aryl methyl sites for hydroxylation is 1. The molecular weight excluding hydrogens is 380 g/mol. The lowest BCUT2D eigenvalue weighted by Gasteiger charge is -2.27. The highest BCUT2D eigenvalue weighted by Gasteiger charge is 2.27. The Labute approximate surface area is 178 Å². The fourth-order valence-corrected chi connectivity index (χ4v) is 12.6. The Morgan fingerprint density at radius 3 is 1.52 bits per heavy atom. The molecule has 0 aliphatic rings. The summed E-state index contributed by atoms with van der Waals surface area (Å²) >= 11 is 0. The van der Waals surface area contributed by atoms with E-state index >= 15 is 0 Å². The van der Waals surface area contributed by atoms with E-state index in [0.29, 0.717) is 0 Å². The van der Waals surface area contributed by atoms with Crippen LogP contribution in [0.2, 0.25) is 5.16 Å². The molecule has 0 amide bonds. The molecule has 0 saturated carbocycles. The van der Waals surface area contributed by atoms with Crippen molar-refractivity contribution in [3.8, 4) is 0 Å². The maximum Gasteiger partial charge on any atom is 0.103 e. The van der Waals surface area contributed by atoms with E-state index in [2.05, 4.69) is 121 Å². The standard InChI is InChI=1S/C27H28Si2/c1-5-13-23(14-6-1)21-22-27(28-24-15-7-2-8-16-24)29(25-17-9-3-10-18-25)26-19-11-4-12-20-26/h1-20,27,29H,21-22,28H2/t27-/m1/s1. The van der Waals surface area contributed by atoms with Crippen molar-refractivity contribution in [2.24, 2.45) is 0 Å². The van der Waals surface area contributed by atoms with Gasteiger partial charge in [0.05, 0.1) is 9.52 Å². The molecule has 4 rings (SSSR count).